The fraction of sp³-hybridized carbons (Fsp3) is 0.467. The highest BCUT2D eigenvalue weighted by Crippen LogP contribution is 2.23. The lowest BCUT2D eigenvalue weighted by atomic mass is 10.2. The summed E-state index contributed by atoms with van der Waals surface area (Å²) in [6, 6.07) is 8.19. The van der Waals surface area contributed by atoms with Crippen LogP contribution in [0.5, 0.6) is 0 Å². The summed E-state index contributed by atoms with van der Waals surface area (Å²) in [5, 5.41) is 4.61. The zero-order valence-electron chi connectivity index (χ0n) is 11.1. The molecule has 2 aromatic rings. The Balaban J connectivity index is 1.48. The summed E-state index contributed by atoms with van der Waals surface area (Å²) < 4.78 is 10.9. The third-order valence-electron chi connectivity index (χ3n) is 3.55. The van der Waals surface area contributed by atoms with Gasteiger partial charge in [0.15, 0.2) is 5.58 Å². The molecule has 19 heavy (non-hydrogen) atoms. The monoisotopic (exact) mass is 260 g/mol. The van der Waals surface area contributed by atoms with Crippen LogP contribution in [-0.2, 0) is 4.74 Å². The number of anilines is 1. The van der Waals surface area contributed by atoms with Crippen LogP contribution in [0.3, 0.4) is 0 Å². The van der Waals surface area contributed by atoms with E-state index in [-0.39, 0.29) is 0 Å². The van der Waals surface area contributed by atoms with E-state index in [4.69, 9.17) is 9.15 Å². The lowest BCUT2D eigenvalue weighted by Gasteiger charge is -2.26. The average molecular weight is 260 g/mol. The highest BCUT2D eigenvalue weighted by atomic mass is 16.5. The van der Waals surface area contributed by atoms with Crippen molar-refractivity contribution in [1.29, 1.82) is 0 Å². The fourth-order valence-corrected chi connectivity index (χ4v) is 2.48. The zero-order chi connectivity index (χ0) is 12.9. The van der Waals surface area contributed by atoms with Gasteiger partial charge in [0.05, 0.1) is 25.2 Å². The van der Waals surface area contributed by atoms with Crippen LogP contribution in [0.1, 0.15) is 6.42 Å². The number of furan rings is 1. The molecular weight excluding hydrogens is 240 g/mol. The Hall–Kier alpha value is -1.52. The molecule has 1 fully saturated rings. The van der Waals surface area contributed by atoms with Gasteiger partial charge in [-0.2, -0.15) is 0 Å². The summed E-state index contributed by atoms with van der Waals surface area (Å²) in [5.41, 5.74) is 2.04. The number of para-hydroxylation sites is 1. The topological polar surface area (TPSA) is 37.6 Å². The predicted molar refractivity (Wildman–Crippen MR) is 76.6 cm³/mol. The standard InChI is InChI=1S/C15H20N2O2/c1-3-13-5-10-19-15(13)14(4-1)16-6-2-7-17-8-11-18-12-9-17/h1,3-5,10,16H,2,6-9,11-12H2. The van der Waals surface area contributed by atoms with Gasteiger partial charge in [0.1, 0.15) is 0 Å². The number of rotatable bonds is 5. The van der Waals surface area contributed by atoms with Gasteiger partial charge in [0.25, 0.3) is 0 Å². The lowest BCUT2D eigenvalue weighted by Crippen LogP contribution is -2.37. The van der Waals surface area contributed by atoms with E-state index in [9.17, 15) is 0 Å². The van der Waals surface area contributed by atoms with Gasteiger partial charge in [-0.15, -0.1) is 0 Å². The third-order valence-corrected chi connectivity index (χ3v) is 3.55. The third kappa shape index (κ3) is 3.08. The first-order valence-corrected chi connectivity index (χ1v) is 6.94. The van der Waals surface area contributed by atoms with Crippen molar-refractivity contribution in [3.05, 3.63) is 30.5 Å². The van der Waals surface area contributed by atoms with Crippen molar-refractivity contribution < 1.29 is 9.15 Å². The maximum absolute atomic E-state index is 5.51. The first-order chi connectivity index (χ1) is 9.43. The summed E-state index contributed by atoms with van der Waals surface area (Å²) in [6.45, 7) is 5.97. The van der Waals surface area contributed by atoms with Crippen molar-refractivity contribution in [3.8, 4) is 0 Å². The van der Waals surface area contributed by atoms with Gasteiger partial charge in [-0.25, -0.2) is 0 Å². The quantitative estimate of drug-likeness (QED) is 0.838. The number of morpholine rings is 1. The second-order valence-corrected chi connectivity index (χ2v) is 4.88. The van der Waals surface area contributed by atoms with Crippen LogP contribution >= 0.6 is 0 Å². The number of ether oxygens (including phenoxy) is 1. The SMILES string of the molecule is c1cc(NCCCN2CCOCC2)c2occc2c1. The van der Waals surface area contributed by atoms with Gasteiger partial charge < -0.3 is 14.5 Å². The van der Waals surface area contributed by atoms with Crippen molar-refractivity contribution in [2.75, 3.05) is 44.7 Å². The number of hydrogen-bond acceptors (Lipinski definition) is 4. The molecule has 1 aliphatic rings. The van der Waals surface area contributed by atoms with Crippen molar-refractivity contribution in [2.45, 2.75) is 6.42 Å². The molecule has 3 rings (SSSR count). The average Bonchev–Trinajstić information content (AvgIpc) is 2.94. The van der Waals surface area contributed by atoms with E-state index >= 15 is 0 Å². The van der Waals surface area contributed by atoms with E-state index in [1.165, 1.54) is 0 Å². The predicted octanol–water partition coefficient (Wildman–Crippen LogP) is 2.57. The van der Waals surface area contributed by atoms with Gasteiger partial charge in [0.2, 0.25) is 0 Å². The minimum atomic E-state index is 0.874. The lowest BCUT2D eigenvalue weighted by molar-refractivity contribution is 0.0378. The second-order valence-electron chi connectivity index (χ2n) is 4.88. The molecule has 0 amide bonds. The number of nitrogens with zero attached hydrogens (tertiary/aromatic N) is 1. The van der Waals surface area contributed by atoms with Crippen LogP contribution in [0.4, 0.5) is 5.69 Å². The highest BCUT2D eigenvalue weighted by molar-refractivity contribution is 5.88. The molecule has 0 bridgehead atoms. The Labute approximate surface area is 113 Å². The molecule has 1 N–H and O–H groups in total. The Morgan fingerprint density at radius 1 is 1.16 bits per heavy atom. The highest BCUT2D eigenvalue weighted by Gasteiger charge is 2.09. The minimum absolute atomic E-state index is 0.874. The largest absolute Gasteiger partial charge is 0.462 e. The molecule has 102 valence electrons. The van der Waals surface area contributed by atoms with Gasteiger partial charge >= 0.3 is 0 Å². The summed E-state index contributed by atoms with van der Waals surface area (Å²) in [5.74, 6) is 0. The van der Waals surface area contributed by atoms with E-state index in [0.29, 0.717) is 0 Å². The molecule has 1 aromatic carbocycles. The molecule has 4 nitrogen and oxygen atoms in total. The van der Waals surface area contributed by atoms with E-state index in [2.05, 4.69) is 28.4 Å². The molecule has 0 spiro atoms. The molecular formula is C15H20N2O2. The molecule has 2 heterocycles. The summed E-state index contributed by atoms with van der Waals surface area (Å²) in [4.78, 5) is 2.46. The van der Waals surface area contributed by atoms with Gasteiger partial charge in [0, 0.05) is 25.0 Å². The van der Waals surface area contributed by atoms with Gasteiger partial charge in [-0.3, -0.25) is 4.90 Å². The molecule has 1 saturated heterocycles. The van der Waals surface area contributed by atoms with Crippen LogP contribution in [0.25, 0.3) is 11.0 Å². The van der Waals surface area contributed by atoms with Crippen LogP contribution in [0.15, 0.2) is 34.9 Å². The van der Waals surface area contributed by atoms with E-state index in [0.717, 1.165) is 62.5 Å². The van der Waals surface area contributed by atoms with Crippen LogP contribution in [0, 0.1) is 0 Å². The first kappa shape index (κ1) is 12.5. The Bertz CT molecular complexity index is 518. The normalized spacial score (nSPS) is 16.8. The smallest absolute Gasteiger partial charge is 0.156 e. The molecule has 0 radical (unpaired) electrons. The van der Waals surface area contributed by atoms with Crippen molar-refractivity contribution in [2.24, 2.45) is 0 Å². The number of nitrogens with one attached hydrogen (secondary N) is 1. The molecule has 1 aromatic heterocycles. The summed E-state index contributed by atoms with van der Waals surface area (Å²) >= 11 is 0. The molecule has 1 aliphatic heterocycles. The minimum Gasteiger partial charge on any atom is -0.462 e. The molecule has 0 unspecified atom stereocenters. The van der Waals surface area contributed by atoms with Crippen molar-refractivity contribution in [3.63, 3.8) is 0 Å². The van der Waals surface area contributed by atoms with E-state index in [1.807, 2.05) is 6.07 Å². The number of benzene rings is 1. The maximum Gasteiger partial charge on any atom is 0.156 e. The number of fused-ring (bicyclic) bond motifs is 1. The molecule has 0 aliphatic carbocycles. The van der Waals surface area contributed by atoms with Gasteiger partial charge in [-0.05, 0) is 25.1 Å². The van der Waals surface area contributed by atoms with E-state index in [1.54, 1.807) is 6.26 Å². The fourth-order valence-electron chi connectivity index (χ4n) is 2.48. The molecule has 0 saturated carbocycles. The maximum atomic E-state index is 5.51. The molecule has 0 atom stereocenters. The van der Waals surface area contributed by atoms with Crippen LogP contribution in [-0.4, -0.2) is 44.3 Å². The summed E-state index contributed by atoms with van der Waals surface area (Å²) in [6.07, 6.45) is 2.88. The first-order valence-electron chi connectivity index (χ1n) is 6.94. The Kier molecular flexibility index (Phi) is 4.01. The second kappa shape index (κ2) is 6.08. The number of hydrogen-bond donors (Lipinski definition) is 1. The van der Waals surface area contributed by atoms with Crippen molar-refractivity contribution >= 4 is 16.7 Å². The Morgan fingerprint density at radius 2 is 2.05 bits per heavy atom. The van der Waals surface area contributed by atoms with E-state index < -0.39 is 0 Å². The van der Waals surface area contributed by atoms with Crippen LogP contribution in [0.2, 0.25) is 0 Å². The Morgan fingerprint density at radius 3 is 2.95 bits per heavy atom. The van der Waals surface area contributed by atoms with Crippen molar-refractivity contribution in [1.82, 2.24) is 4.90 Å². The van der Waals surface area contributed by atoms with Crippen LogP contribution < -0.4 is 5.32 Å². The van der Waals surface area contributed by atoms with Gasteiger partial charge in [-0.1, -0.05) is 12.1 Å². The zero-order valence-corrected chi connectivity index (χ0v) is 11.1. The molecule has 4 heteroatoms. The summed E-state index contributed by atoms with van der Waals surface area (Å²) in [7, 11) is 0.